The van der Waals surface area contributed by atoms with E-state index in [1.807, 2.05) is 6.92 Å². The highest BCUT2D eigenvalue weighted by Crippen LogP contribution is 2.31. The summed E-state index contributed by atoms with van der Waals surface area (Å²) in [6, 6.07) is 9.30. The third-order valence-electron chi connectivity index (χ3n) is 3.14. The first-order valence-corrected chi connectivity index (χ1v) is 8.83. The molecular weight excluding hydrogens is 352 g/mol. The first-order valence-electron chi connectivity index (χ1n) is 6.97. The fraction of sp³-hybridized carbons (Fsp3) is 0.188. The second kappa shape index (κ2) is 7.11. The predicted octanol–water partition coefficient (Wildman–Crippen LogP) is 3.42. The van der Waals surface area contributed by atoms with Gasteiger partial charge < -0.3 is 10.1 Å². The number of carbonyl (C=O) groups is 1. The molecule has 2 N–H and O–H groups in total. The van der Waals surface area contributed by atoms with Crippen molar-refractivity contribution < 1.29 is 17.9 Å². The van der Waals surface area contributed by atoms with Crippen LogP contribution in [0.4, 0.5) is 11.4 Å². The van der Waals surface area contributed by atoms with Gasteiger partial charge in [-0.15, -0.1) is 0 Å². The molecule has 1 amide bonds. The van der Waals surface area contributed by atoms with E-state index in [2.05, 4.69) is 10.0 Å². The average molecular weight is 369 g/mol. The van der Waals surface area contributed by atoms with Gasteiger partial charge in [0.2, 0.25) is 5.91 Å². The molecule has 0 spiro atoms. The SMILES string of the molecule is COc1ccc(NC(C)=O)cc1NS(=O)(=O)c1ccc(C)cc1Cl. The molecule has 0 atom stereocenters. The Labute approximate surface area is 145 Å². The van der Waals surface area contributed by atoms with E-state index in [0.29, 0.717) is 11.4 Å². The van der Waals surface area contributed by atoms with Crippen molar-refractivity contribution in [3.8, 4) is 5.75 Å². The summed E-state index contributed by atoms with van der Waals surface area (Å²) >= 11 is 6.05. The van der Waals surface area contributed by atoms with Crippen molar-refractivity contribution in [3.05, 3.63) is 47.0 Å². The van der Waals surface area contributed by atoms with Crippen LogP contribution in [0.25, 0.3) is 0 Å². The molecule has 128 valence electrons. The van der Waals surface area contributed by atoms with E-state index in [9.17, 15) is 13.2 Å². The molecule has 0 unspecified atom stereocenters. The van der Waals surface area contributed by atoms with Crippen molar-refractivity contribution >= 4 is 38.9 Å². The predicted molar refractivity (Wildman–Crippen MR) is 94.3 cm³/mol. The second-order valence-corrected chi connectivity index (χ2v) is 7.19. The Bertz CT molecular complexity index is 882. The summed E-state index contributed by atoms with van der Waals surface area (Å²) in [5.74, 6) is 0.0477. The molecule has 0 heterocycles. The Hall–Kier alpha value is -2.25. The lowest BCUT2D eigenvalue weighted by atomic mass is 10.2. The molecule has 2 aromatic rings. The molecule has 0 aliphatic heterocycles. The Kier molecular flexibility index (Phi) is 5.36. The lowest BCUT2D eigenvalue weighted by molar-refractivity contribution is -0.114. The fourth-order valence-electron chi connectivity index (χ4n) is 2.09. The second-order valence-electron chi connectivity index (χ2n) is 5.14. The molecule has 0 saturated carbocycles. The zero-order valence-electron chi connectivity index (χ0n) is 13.4. The van der Waals surface area contributed by atoms with Gasteiger partial charge in [0.05, 0.1) is 17.8 Å². The number of sulfonamides is 1. The number of rotatable bonds is 5. The monoisotopic (exact) mass is 368 g/mol. The number of nitrogens with one attached hydrogen (secondary N) is 2. The van der Waals surface area contributed by atoms with Crippen LogP contribution in [0.3, 0.4) is 0 Å². The number of carbonyl (C=O) groups excluding carboxylic acids is 1. The molecule has 0 saturated heterocycles. The highest BCUT2D eigenvalue weighted by molar-refractivity contribution is 7.92. The van der Waals surface area contributed by atoms with Crippen LogP contribution in [-0.2, 0) is 14.8 Å². The maximum absolute atomic E-state index is 12.6. The number of benzene rings is 2. The number of hydrogen-bond acceptors (Lipinski definition) is 4. The highest BCUT2D eigenvalue weighted by Gasteiger charge is 2.20. The van der Waals surface area contributed by atoms with Gasteiger partial charge in [0.15, 0.2) is 0 Å². The molecular formula is C16H17ClN2O4S. The third-order valence-corrected chi connectivity index (χ3v) is 4.99. The summed E-state index contributed by atoms with van der Waals surface area (Å²) in [5, 5.41) is 2.71. The molecule has 2 aromatic carbocycles. The van der Waals surface area contributed by atoms with Crippen molar-refractivity contribution in [2.75, 3.05) is 17.1 Å². The molecule has 0 bridgehead atoms. The van der Waals surface area contributed by atoms with Gasteiger partial charge in [0.25, 0.3) is 10.0 Å². The molecule has 0 fully saturated rings. The van der Waals surface area contributed by atoms with Gasteiger partial charge in [-0.05, 0) is 42.8 Å². The zero-order valence-corrected chi connectivity index (χ0v) is 15.0. The lowest BCUT2D eigenvalue weighted by Crippen LogP contribution is -2.15. The number of ether oxygens (including phenoxy) is 1. The Morgan fingerprint density at radius 2 is 1.88 bits per heavy atom. The molecule has 0 radical (unpaired) electrons. The number of aryl methyl sites for hydroxylation is 1. The first-order chi connectivity index (χ1) is 11.2. The largest absolute Gasteiger partial charge is 0.495 e. The van der Waals surface area contributed by atoms with Crippen molar-refractivity contribution in [2.45, 2.75) is 18.7 Å². The maximum Gasteiger partial charge on any atom is 0.263 e. The molecule has 2 rings (SSSR count). The van der Waals surface area contributed by atoms with Crippen molar-refractivity contribution in [1.82, 2.24) is 0 Å². The van der Waals surface area contributed by atoms with Gasteiger partial charge in [-0.25, -0.2) is 8.42 Å². The van der Waals surface area contributed by atoms with E-state index in [0.717, 1.165) is 5.56 Å². The van der Waals surface area contributed by atoms with Gasteiger partial charge in [-0.2, -0.15) is 0 Å². The summed E-state index contributed by atoms with van der Waals surface area (Å²) in [6.45, 7) is 3.18. The quantitative estimate of drug-likeness (QED) is 0.846. The van der Waals surface area contributed by atoms with Crippen LogP contribution in [0.1, 0.15) is 12.5 Å². The van der Waals surface area contributed by atoms with Crippen LogP contribution < -0.4 is 14.8 Å². The number of hydrogen-bond donors (Lipinski definition) is 2. The average Bonchev–Trinajstić information content (AvgIpc) is 2.46. The fourth-order valence-corrected chi connectivity index (χ4v) is 3.75. The third kappa shape index (κ3) is 4.18. The molecule has 0 aliphatic carbocycles. The zero-order chi connectivity index (χ0) is 17.9. The van der Waals surface area contributed by atoms with Crippen LogP contribution in [0.15, 0.2) is 41.3 Å². The minimum atomic E-state index is -3.91. The number of halogens is 1. The van der Waals surface area contributed by atoms with Gasteiger partial charge >= 0.3 is 0 Å². The Morgan fingerprint density at radius 1 is 1.17 bits per heavy atom. The molecule has 24 heavy (non-hydrogen) atoms. The smallest absolute Gasteiger partial charge is 0.263 e. The van der Waals surface area contributed by atoms with E-state index in [1.54, 1.807) is 24.3 Å². The molecule has 0 aromatic heterocycles. The molecule has 6 nitrogen and oxygen atoms in total. The molecule has 8 heteroatoms. The van der Waals surface area contributed by atoms with Crippen LogP contribution in [0.2, 0.25) is 5.02 Å². The first kappa shape index (κ1) is 18.1. The normalized spacial score (nSPS) is 11.0. The Morgan fingerprint density at radius 3 is 2.46 bits per heavy atom. The summed E-state index contributed by atoms with van der Waals surface area (Å²) in [5.41, 5.74) is 1.49. The topological polar surface area (TPSA) is 84.5 Å². The van der Waals surface area contributed by atoms with Gasteiger partial charge in [0, 0.05) is 12.6 Å². The van der Waals surface area contributed by atoms with Gasteiger partial charge in [-0.1, -0.05) is 17.7 Å². The number of anilines is 2. The summed E-state index contributed by atoms with van der Waals surface area (Å²) < 4.78 is 32.8. The Balaban J connectivity index is 2.42. The summed E-state index contributed by atoms with van der Waals surface area (Å²) in [7, 11) is -2.49. The maximum atomic E-state index is 12.6. The van der Waals surface area contributed by atoms with E-state index >= 15 is 0 Å². The van der Waals surface area contributed by atoms with E-state index in [-0.39, 0.29) is 21.5 Å². The van der Waals surface area contributed by atoms with E-state index in [1.165, 1.54) is 26.2 Å². The van der Waals surface area contributed by atoms with Gasteiger partial charge in [-0.3, -0.25) is 9.52 Å². The summed E-state index contributed by atoms with van der Waals surface area (Å²) in [6.07, 6.45) is 0. The standard InChI is InChI=1S/C16H17ClN2O4S/c1-10-4-7-16(13(17)8-10)24(21,22)19-14-9-12(18-11(2)20)5-6-15(14)23-3/h4-9,19H,1-3H3,(H,18,20). The van der Waals surface area contributed by atoms with Crippen LogP contribution in [0, 0.1) is 6.92 Å². The number of amides is 1. The van der Waals surface area contributed by atoms with Crippen molar-refractivity contribution in [3.63, 3.8) is 0 Å². The minimum Gasteiger partial charge on any atom is -0.495 e. The highest BCUT2D eigenvalue weighted by atomic mass is 35.5. The van der Waals surface area contributed by atoms with Crippen LogP contribution >= 0.6 is 11.6 Å². The minimum absolute atomic E-state index is 0.0400. The summed E-state index contributed by atoms with van der Waals surface area (Å²) in [4.78, 5) is 11.1. The van der Waals surface area contributed by atoms with Crippen LogP contribution in [-0.4, -0.2) is 21.4 Å². The van der Waals surface area contributed by atoms with Crippen molar-refractivity contribution in [1.29, 1.82) is 0 Å². The van der Waals surface area contributed by atoms with E-state index < -0.39 is 10.0 Å². The lowest BCUT2D eigenvalue weighted by Gasteiger charge is -2.14. The van der Waals surface area contributed by atoms with Gasteiger partial charge in [0.1, 0.15) is 10.6 Å². The molecule has 0 aliphatic rings. The van der Waals surface area contributed by atoms with E-state index in [4.69, 9.17) is 16.3 Å². The van der Waals surface area contributed by atoms with Crippen molar-refractivity contribution in [2.24, 2.45) is 0 Å². The van der Waals surface area contributed by atoms with Crippen LogP contribution in [0.5, 0.6) is 5.75 Å². The number of methoxy groups -OCH3 is 1.